The Labute approximate surface area is 154 Å². The van der Waals surface area contributed by atoms with Gasteiger partial charge >= 0.3 is 5.97 Å². The molecule has 0 bridgehead atoms. The summed E-state index contributed by atoms with van der Waals surface area (Å²) in [5.41, 5.74) is -2.09. The summed E-state index contributed by atoms with van der Waals surface area (Å²) in [6.45, 7) is 0.664. The fourth-order valence-corrected chi connectivity index (χ4v) is 3.69. The second-order valence-electron chi connectivity index (χ2n) is 5.69. The number of nitrogens with one attached hydrogen (secondary N) is 2. The number of sulfonamides is 1. The van der Waals surface area contributed by atoms with Gasteiger partial charge in [-0.05, 0) is 36.6 Å². The molecule has 1 aromatic carbocycles. The minimum absolute atomic E-state index is 0.0326. The molecule has 0 saturated heterocycles. The molecule has 1 unspecified atom stereocenters. The van der Waals surface area contributed by atoms with Crippen molar-refractivity contribution in [2.24, 2.45) is 0 Å². The molecule has 140 valence electrons. The summed E-state index contributed by atoms with van der Waals surface area (Å²) in [7, 11) is -3.82. The van der Waals surface area contributed by atoms with Gasteiger partial charge in [-0.25, -0.2) is 17.9 Å². The van der Waals surface area contributed by atoms with E-state index in [1.54, 1.807) is 6.07 Å². The zero-order valence-corrected chi connectivity index (χ0v) is 15.4. The Morgan fingerprint density at radius 3 is 2.58 bits per heavy atom. The van der Waals surface area contributed by atoms with E-state index in [1.807, 2.05) is 11.4 Å². The molecule has 1 heterocycles. The number of amides is 1. The number of rotatable bonds is 8. The molecule has 1 atom stereocenters. The number of carboxylic acid groups (broad SMARTS) is 1. The van der Waals surface area contributed by atoms with Crippen molar-refractivity contribution in [1.29, 1.82) is 0 Å². The first-order valence-electron chi connectivity index (χ1n) is 7.48. The first-order valence-corrected chi connectivity index (χ1v) is 9.84. The van der Waals surface area contributed by atoms with E-state index >= 15 is 0 Å². The van der Waals surface area contributed by atoms with Crippen molar-refractivity contribution in [1.82, 2.24) is 10.0 Å². The molecular weight excluding hydrogens is 380 g/mol. The van der Waals surface area contributed by atoms with Crippen LogP contribution in [0.15, 0.2) is 46.7 Å². The van der Waals surface area contributed by atoms with Crippen LogP contribution in [0.4, 0.5) is 0 Å². The highest BCUT2D eigenvalue weighted by Gasteiger charge is 2.30. The average Bonchev–Trinajstić information content (AvgIpc) is 3.11. The van der Waals surface area contributed by atoms with Gasteiger partial charge in [-0.2, -0.15) is 0 Å². The van der Waals surface area contributed by atoms with Crippen LogP contribution in [-0.2, 0) is 21.4 Å². The normalized spacial score (nSPS) is 13.8. The van der Waals surface area contributed by atoms with E-state index in [-0.39, 0.29) is 17.0 Å². The summed E-state index contributed by atoms with van der Waals surface area (Å²) in [4.78, 5) is 23.7. The summed E-state index contributed by atoms with van der Waals surface area (Å²) in [5, 5.41) is 22.5. The van der Waals surface area contributed by atoms with Crippen LogP contribution in [0.3, 0.4) is 0 Å². The largest absolute Gasteiger partial charge is 0.479 e. The molecule has 0 aliphatic rings. The van der Waals surface area contributed by atoms with Crippen molar-refractivity contribution in [2.75, 3.05) is 6.54 Å². The maximum Gasteiger partial charge on any atom is 0.337 e. The van der Waals surface area contributed by atoms with Crippen LogP contribution in [0.1, 0.15) is 22.2 Å². The van der Waals surface area contributed by atoms with Crippen molar-refractivity contribution in [2.45, 2.75) is 24.0 Å². The van der Waals surface area contributed by atoms with Crippen LogP contribution < -0.4 is 10.0 Å². The topological polar surface area (TPSA) is 133 Å². The number of benzene rings is 1. The van der Waals surface area contributed by atoms with E-state index in [2.05, 4.69) is 10.0 Å². The molecule has 0 spiro atoms. The highest BCUT2D eigenvalue weighted by Crippen LogP contribution is 2.14. The summed E-state index contributed by atoms with van der Waals surface area (Å²) < 4.78 is 27.2. The fraction of sp³-hybridized carbons (Fsp3) is 0.250. The molecule has 2 aromatic rings. The number of aliphatic carboxylic acids is 1. The second kappa shape index (κ2) is 7.96. The van der Waals surface area contributed by atoms with Gasteiger partial charge < -0.3 is 15.5 Å². The van der Waals surface area contributed by atoms with Crippen LogP contribution in [-0.4, -0.2) is 42.7 Å². The Hall–Kier alpha value is -2.27. The molecule has 0 aliphatic carbocycles. The maximum absolute atomic E-state index is 12.4. The fourth-order valence-electron chi connectivity index (χ4n) is 1.90. The Morgan fingerprint density at radius 2 is 1.96 bits per heavy atom. The molecule has 0 fully saturated rings. The third kappa shape index (κ3) is 5.11. The highest BCUT2D eigenvalue weighted by molar-refractivity contribution is 7.89. The molecule has 26 heavy (non-hydrogen) atoms. The predicted molar refractivity (Wildman–Crippen MR) is 95.4 cm³/mol. The van der Waals surface area contributed by atoms with Gasteiger partial charge in [-0.3, -0.25) is 4.79 Å². The Kier molecular flexibility index (Phi) is 6.13. The SMILES string of the molecule is CC(O)(CNC(=O)c1cccc(S(=O)(=O)NCc2cccs2)c1)C(=O)O. The van der Waals surface area contributed by atoms with Gasteiger partial charge in [0.05, 0.1) is 11.4 Å². The second-order valence-corrected chi connectivity index (χ2v) is 8.49. The number of aliphatic hydroxyl groups is 1. The van der Waals surface area contributed by atoms with E-state index in [9.17, 15) is 23.1 Å². The van der Waals surface area contributed by atoms with E-state index < -0.39 is 34.0 Å². The van der Waals surface area contributed by atoms with Crippen LogP contribution in [0.2, 0.25) is 0 Å². The quantitative estimate of drug-likeness (QED) is 0.520. The standard InChI is InChI=1S/C16H18N2O6S2/c1-16(22,15(20)21)10-17-14(19)11-4-2-6-13(8-11)26(23,24)18-9-12-5-3-7-25-12/h2-8,18,22H,9-10H2,1H3,(H,17,19)(H,20,21). The molecule has 0 aliphatic heterocycles. The molecular formula is C16H18N2O6S2. The van der Waals surface area contributed by atoms with E-state index in [4.69, 9.17) is 5.11 Å². The average molecular weight is 398 g/mol. The maximum atomic E-state index is 12.4. The number of carboxylic acids is 1. The van der Waals surface area contributed by atoms with Gasteiger partial charge in [0.15, 0.2) is 5.60 Å². The summed E-state index contributed by atoms with van der Waals surface area (Å²) in [6, 6.07) is 8.94. The van der Waals surface area contributed by atoms with Crippen molar-refractivity contribution in [3.8, 4) is 0 Å². The lowest BCUT2D eigenvalue weighted by atomic mass is 10.1. The third-order valence-corrected chi connectivity index (χ3v) is 5.75. The summed E-state index contributed by atoms with van der Waals surface area (Å²) >= 11 is 1.42. The van der Waals surface area contributed by atoms with Crippen LogP contribution in [0.25, 0.3) is 0 Å². The van der Waals surface area contributed by atoms with Gasteiger partial charge in [-0.1, -0.05) is 12.1 Å². The lowest BCUT2D eigenvalue weighted by Gasteiger charge is -2.18. The molecule has 0 saturated carbocycles. The third-order valence-electron chi connectivity index (χ3n) is 3.48. The smallest absolute Gasteiger partial charge is 0.337 e. The van der Waals surface area contributed by atoms with Crippen LogP contribution in [0, 0.1) is 0 Å². The molecule has 2 rings (SSSR count). The lowest BCUT2D eigenvalue weighted by Crippen LogP contribution is -2.46. The monoisotopic (exact) mass is 398 g/mol. The van der Waals surface area contributed by atoms with E-state index in [0.717, 1.165) is 11.8 Å². The van der Waals surface area contributed by atoms with Crippen LogP contribution >= 0.6 is 11.3 Å². The first kappa shape index (κ1) is 20.0. The molecule has 1 amide bonds. The van der Waals surface area contributed by atoms with Crippen LogP contribution in [0.5, 0.6) is 0 Å². The zero-order chi connectivity index (χ0) is 19.4. The Balaban J connectivity index is 2.08. The van der Waals surface area contributed by atoms with Gasteiger partial charge in [0.25, 0.3) is 5.91 Å². The first-order chi connectivity index (χ1) is 12.1. The van der Waals surface area contributed by atoms with Gasteiger partial charge in [0.2, 0.25) is 10.0 Å². The number of carbonyl (C=O) groups excluding carboxylic acids is 1. The molecule has 10 heteroatoms. The molecule has 8 nitrogen and oxygen atoms in total. The highest BCUT2D eigenvalue weighted by atomic mass is 32.2. The molecule has 0 radical (unpaired) electrons. The number of hydrogen-bond acceptors (Lipinski definition) is 6. The predicted octanol–water partition coefficient (Wildman–Crippen LogP) is 0.792. The van der Waals surface area contributed by atoms with Crippen molar-refractivity contribution in [3.63, 3.8) is 0 Å². The number of hydrogen-bond donors (Lipinski definition) is 4. The summed E-state index contributed by atoms with van der Waals surface area (Å²) in [5.74, 6) is -2.17. The molecule has 1 aromatic heterocycles. The minimum atomic E-state index is -3.82. The lowest BCUT2D eigenvalue weighted by molar-refractivity contribution is -0.155. The van der Waals surface area contributed by atoms with Crippen molar-refractivity contribution in [3.05, 3.63) is 52.2 Å². The van der Waals surface area contributed by atoms with Gasteiger partial charge in [-0.15, -0.1) is 11.3 Å². The van der Waals surface area contributed by atoms with Crippen molar-refractivity contribution < 1.29 is 28.2 Å². The zero-order valence-electron chi connectivity index (χ0n) is 13.8. The number of carbonyl (C=O) groups is 2. The van der Waals surface area contributed by atoms with Crippen molar-refractivity contribution >= 4 is 33.2 Å². The number of thiophene rings is 1. The molecule has 4 N–H and O–H groups in total. The Morgan fingerprint density at radius 1 is 1.23 bits per heavy atom. The van der Waals surface area contributed by atoms with E-state index in [1.165, 1.54) is 35.6 Å². The van der Waals surface area contributed by atoms with E-state index in [0.29, 0.717) is 0 Å². The Bertz CT molecular complexity index is 891. The summed E-state index contributed by atoms with van der Waals surface area (Å²) in [6.07, 6.45) is 0. The minimum Gasteiger partial charge on any atom is -0.479 e. The van der Waals surface area contributed by atoms with Gasteiger partial charge in [0.1, 0.15) is 0 Å². The van der Waals surface area contributed by atoms with Gasteiger partial charge in [0, 0.05) is 17.0 Å².